The van der Waals surface area contributed by atoms with Gasteiger partial charge in [-0.05, 0) is 11.4 Å². The van der Waals surface area contributed by atoms with E-state index < -0.39 is 0 Å². The molecule has 1 saturated heterocycles. The molecule has 1 aromatic heterocycles. The number of nitrogens with zero attached hydrogens (tertiary/aromatic N) is 2. The number of ether oxygens (including phenoxy) is 1. The zero-order valence-corrected chi connectivity index (χ0v) is 12.5. The van der Waals surface area contributed by atoms with Crippen LogP contribution in [0.2, 0.25) is 0 Å². The Hall–Kier alpha value is -1.40. The van der Waals surface area contributed by atoms with Gasteiger partial charge in [-0.2, -0.15) is 0 Å². The number of methoxy groups -OCH3 is 1. The first-order chi connectivity index (χ1) is 9.69. The molecule has 0 aromatic carbocycles. The molecule has 0 aliphatic carbocycles. The summed E-state index contributed by atoms with van der Waals surface area (Å²) in [6.45, 7) is 4.22. The second-order valence-electron chi connectivity index (χ2n) is 4.81. The normalized spacial score (nSPS) is 16.1. The molecule has 0 radical (unpaired) electrons. The topological polar surface area (TPSA) is 49.9 Å². The third-order valence-corrected chi connectivity index (χ3v) is 4.32. The van der Waals surface area contributed by atoms with Crippen LogP contribution in [0.5, 0.6) is 0 Å². The number of amides is 1. The summed E-state index contributed by atoms with van der Waals surface area (Å²) in [5.74, 6) is -0.277. The summed E-state index contributed by atoms with van der Waals surface area (Å²) in [5, 5.41) is 2.09. The maximum absolute atomic E-state index is 11.9. The molecular weight excluding hydrogens is 276 g/mol. The second kappa shape index (κ2) is 7.40. The molecule has 1 aromatic rings. The Morgan fingerprint density at radius 1 is 1.25 bits per heavy atom. The van der Waals surface area contributed by atoms with Crippen molar-refractivity contribution in [2.24, 2.45) is 0 Å². The highest BCUT2D eigenvalue weighted by Crippen LogP contribution is 2.14. The van der Waals surface area contributed by atoms with Gasteiger partial charge in [0.15, 0.2) is 0 Å². The minimum atomic E-state index is -0.324. The molecule has 1 amide bonds. The fourth-order valence-electron chi connectivity index (χ4n) is 2.25. The Labute approximate surface area is 123 Å². The first-order valence-corrected chi connectivity index (χ1v) is 7.66. The molecule has 2 rings (SSSR count). The van der Waals surface area contributed by atoms with Crippen LogP contribution in [-0.4, -0.2) is 55.0 Å². The van der Waals surface area contributed by atoms with Crippen molar-refractivity contribution in [2.75, 3.05) is 33.3 Å². The molecule has 0 saturated carbocycles. The van der Waals surface area contributed by atoms with Gasteiger partial charge in [-0.25, -0.2) is 0 Å². The molecular formula is C14H20N2O3S. The van der Waals surface area contributed by atoms with Crippen molar-refractivity contribution in [3.63, 3.8) is 0 Å². The molecule has 0 bridgehead atoms. The average Bonchev–Trinajstić information content (AvgIpc) is 2.98. The Bertz CT molecular complexity index is 439. The molecule has 2 heterocycles. The maximum Gasteiger partial charge on any atom is 0.306 e. The molecule has 1 fully saturated rings. The predicted octanol–water partition coefficient (Wildman–Crippen LogP) is 1.35. The largest absolute Gasteiger partial charge is 0.469 e. The number of thiophene rings is 1. The smallest absolute Gasteiger partial charge is 0.306 e. The van der Waals surface area contributed by atoms with E-state index in [9.17, 15) is 9.59 Å². The highest BCUT2D eigenvalue weighted by Gasteiger charge is 2.21. The molecule has 5 nitrogen and oxygen atoms in total. The van der Waals surface area contributed by atoms with Crippen molar-refractivity contribution in [3.05, 3.63) is 22.4 Å². The van der Waals surface area contributed by atoms with Gasteiger partial charge in [0.25, 0.3) is 0 Å². The predicted molar refractivity (Wildman–Crippen MR) is 77.4 cm³/mol. The number of hydrogen-bond acceptors (Lipinski definition) is 5. The second-order valence-corrected chi connectivity index (χ2v) is 5.84. The van der Waals surface area contributed by atoms with E-state index in [4.69, 9.17) is 0 Å². The van der Waals surface area contributed by atoms with Crippen molar-refractivity contribution in [3.8, 4) is 0 Å². The molecule has 110 valence electrons. The van der Waals surface area contributed by atoms with Crippen LogP contribution >= 0.6 is 11.3 Å². The van der Waals surface area contributed by atoms with Gasteiger partial charge in [0.05, 0.1) is 13.5 Å². The van der Waals surface area contributed by atoms with E-state index in [-0.39, 0.29) is 24.7 Å². The van der Waals surface area contributed by atoms with Crippen LogP contribution in [0.15, 0.2) is 17.5 Å². The van der Waals surface area contributed by atoms with Crippen LogP contribution in [0.25, 0.3) is 0 Å². The molecule has 0 spiro atoms. The minimum absolute atomic E-state index is 0.0474. The van der Waals surface area contributed by atoms with Gasteiger partial charge in [0.2, 0.25) is 5.91 Å². The third kappa shape index (κ3) is 4.31. The summed E-state index contributed by atoms with van der Waals surface area (Å²) in [6, 6.07) is 4.20. The van der Waals surface area contributed by atoms with Gasteiger partial charge >= 0.3 is 5.97 Å². The lowest BCUT2D eigenvalue weighted by atomic mass is 10.2. The average molecular weight is 296 g/mol. The van der Waals surface area contributed by atoms with Crippen molar-refractivity contribution < 1.29 is 14.3 Å². The van der Waals surface area contributed by atoms with E-state index in [2.05, 4.69) is 27.1 Å². The molecule has 1 aliphatic rings. The monoisotopic (exact) mass is 296 g/mol. The zero-order valence-electron chi connectivity index (χ0n) is 11.7. The summed E-state index contributed by atoms with van der Waals surface area (Å²) < 4.78 is 4.55. The minimum Gasteiger partial charge on any atom is -0.469 e. The van der Waals surface area contributed by atoms with Crippen LogP contribution < -0.4 is 0 Å². The Kier molecular flexibility index (Phi) is 5.55. The highest BCUT2D eigenvalue weighted by molar-refractivity contribution is 7.09. The summed E-state index contributed by atoms with van der Waals surface area (Å²) in [6.07, 6.45) is 0.419. The van der Waals surface area contributed by atoms with Crippen molar-refractivity contribution in [1.29, 1.82) is 0 Å². The Morgan fingerprint density at radius 2 is 2.00 bits per heavy atom. The van der Waals surface area contributed by atoms with Gasteiger partial charge in [-0.15, -0.1) is 11.3 Å². The van der Waals surface area contributed by atoms with E-state index in [1.807, 2.05) is 4.90 Å². The van der Waals surface area contributed by atoms with E-state index >= 15 is 0 Å². The molecule has 0 N–H and O–H groups in total. The van der Waals surface area contributed by atoms with Crippen molar-refractivity contribution >= 4 is 23.2 Å². The third-order valence-electron chi connectivity index (χ3n) is 3.46. The zero-order chi connectivity index (χ0) is 14.4. The van der Waals surface area contributed by atoms with Crippen LogP contribution in [0.3, 0.4) is 0 Å². The lowest BCUT2D eigenvalue weighted by molar-refractivity contribution is -0.144. The quantitative estimate of drug-likeness (QED) is 0.770. The standard InChI is InChI=1S/C14H20N2O3S/c1-19-14(18)5-4-13(17)16-8-6-15(7-9-16)11-12-3-2-10-20-12/h2-3,10H,4-9,11H2,1H3. The first kappa shape index (κ1) is 15.0. The summed E-state index contributed by atoms with van der Waals surface area (Å²) in [7, 11) is 1.34. The Balaban J connectivity index is 1.70. The van der Waals surface area contributed by atoms with Crippen molar-refractivity contribution in [1.82, 2.24) is 9.80 Å². The summed E-state index contributed by atoms with van der Waals surface area (Å²) >= 11 is 1.76. The summed E-state index contributed by atoms with van der Waals surface area (Å²) in [5.41, 5.74) is 0. The van der Waals surface area contributed by atoms with Gasteiger partial charge in [0, 0.05) is 44.0 Å². The SMILES string of the molecule is COC(=O)CCC(=O)N1CCN(Cc2cccs2)CC1. The van der Waals surface area contributed by atoms with Crippen LogP contribution in [0.4, 0.5) is 0 Å². The number of hydrogen-bond donors (Lipinski definition) is 0. The van der Waals surface area contributed by atoms with Gasteiger partial charge in [-0.3, -0.25) is 14.5 Å². The number of carbonyl (C=O) groups is 2. The fourth-order valence-corrected chi connectivity index (χ4v) is 2.99. The number of carbonyl (C=O) groups excluding carboxylic acids is 2. The number of rotatable bonds is 5. The van der Waals surface area contributed by atoms with Gasteiger partial charge < -0.3 is 9.64 Å². The summed E-state index contributed by atoms with van der Waals surface area (Å²) in [4.78, 5) is 28.5. The van der Waals surface area contributed by atoms with E-state index in [0.717, 1.165) is 32.7 Å². The van der Waals surface area contributed by atoms with E-state index in [1.54, 1.807) is 11.3 Å². The van der Waals surface area contributed by atoms with Crippen LogP contribution in [0, 0.1) is 0 Å². The highest BCUT2D eigenvalue weighted by atomic mass is 32.1. The number of piperazine rings is 1. The Morgan fingerprint density at radius 3 is 2.60 bits per heavy atom. The molecule has 6 heteroatoms. The molecule has 0 atom stereocenters. The molecule has 0 unspecified atom stereocenters. The molecule has 20 heavy (non-hydrogen) atoms. The lowest BCUT2D eigenvalue weighted by Gasteiger charge is -2.34. The van der Waals surface area contributed by atoms with E-state index in [1.165, 1.54) is 12.0 Å². The number of esters is 1. The van der Waals surface area contributed by atoms with Crippen LogP contribution in [0.1, 0.15) is 17.7 Å². The van der Waals surface area contributed by atoms with Gasteiger partial charge in [-0.1, -0.05) is 6.07 Å². The van der Waals surface area contributed by atoms with Crippen molar-refractivity contribution in [2.45, 2.75) is 19.4 Å². The molecule has 1 aliphatic heterocycles. The lowest BCUT2D eigenvalue weighted by Crippen LogP contribution is -2.48. The van der Waals surface area contributed by atoms with E-state index in [0.29, 0.717) is 0 Å². The maximum atomic E-state index is 11.9. The van der Waals surface area contributed by atoms with Gasteiger partial charge in [0.1, 0.15) is 0 Å². The fraction of sp³-hybridized carbons (Fsp3) is 0.571. The van der Waals surface area contributed by atoms with Crippen LogP contribution in [-0.2, 0) is 20.9 Å². The first-order valence-electron chi connectivity index (χ1n) is 6.78.